The van der Waals surface area contributed by atoms with E-state index in [1.165, 1.54) is 4.88 Å². The predicted molar refractivity (Wildman–Crippen MR) is 44.4 cm³/mol. The second-order valence-electron chi connectivity index (χ2n) is 1.92. The lowest BCUT2D eigenvalue weighted by Crippen LogP contribution is -2.00. The molecule has 0 bridgehead atoms. The van der Waals surface area contributed by atoms with Crippen LogP contribution in [-0.2, 0) is 6.42 Å². The first-order valence-electron chi connectivity index (χ1n) is 3.19. The largest absolute Gasteiger partial charge is 0.365 e. The van der Waals surface area contributed by atoms with Gasteiger partial charge < -0.3 is 11.1 Å². The molecule has 0 aliphatic rings. The van der Waals surface area contributed by atoms with Gasteiger partial charge in [0.1, 0.15) is 0 Å². The number of hydrogen-bond acceptors (Lipinski definition) is 4. The van der Waals surface area contributed by atoms with Crippen LogP contribution in [0.25, 0.3) is 0 Å². The molecule has 0 amide bonds. The molecule has 0 saturated carbocycles. The molecule has 0 aliphatic carbocycles. The molecule has 0 fully saturated rings. The van der Waals surface area contributed by atoms with Gasteiger partial charge in [0, 0.05) is 18.1 Å². The molecule has 1 aromatic rings. The summed E-state index contributed by atoms with van der Waals surface area (Å²) < 4.78 is 0. The third-order valence-electron chi connectivity index (χ3n) is 1.16. The number of nitrogens with zero attached hydrogens (tertiary/aromatic N) is 1. The fourth-order valence-electron chi connectivity index (χ4n) is 0.681. The lowest BCUT2D eigenvalue weighted by atomic mass is 10.4. The van der Waals surface area contributed by atoms with E-state index in [2.05, 4.69) is 10.3 Å². The van der Waals surface area contributed by atoms with Crippen LogP contribution in [-0.4, -0.2) is 18.6 Å². The number of anilines is 1. The normalized spacial score (nSPS) is 9.80. The monoisotopic (exact) mass is 157 g/mol. The molecule has 1 aromatic heterocycles. The number of hydrogen-bond donors (Lipinski definition) is 2. The Morgan fingerprint density at radius 2 is 2.60 bits per heavy atom. The molecular formula is C6H11N3S. The van der Waals surface area contributed by atoms with Gasteiger partial charge in [-0.15, -0.1) is 11.3 Å². The minimum Gasteiger partial charge on any atom is -0.365 e. The third kappa shape index (κ3) is 1.68. The SMILES string of the molecule is CNc1ncc(CCN)s1. The summed E-state index contributed by atoms with van der Waals surface area (Å²) in [4.78, 5) is 5.35. The van der Waals surface area contributed by atoms with E-state index in [1.54, 1.807) is 11.3 Å². The predicted octanol–water partition coefficient (Wildman–Crippen LogP) is 0.686. The topological polar surface area (TPSA) is 50.9 Å². The van der Waals surface area contributed by atoms with Crippen molar-refractivity contribution in [2.75, 3.05) is 18.9 Å². The van der Waals surface area contributed by atoms with Crippen molar-refractivity contribution in [2.45, 2.75) is 6.42 Å². The Hall–Kier alpha value is -0.610. The average molecular weight is 157 g/mol. The van der Waals surface area contributed by atoms with Crippen molar-refractivity contribution >= 4 is 16.5 Å². The van der Waals surface area contributed by atoms with E-state index in [0.29, 0.717) is 6.54 Å². The van der Waals surface area contributed by atoms with Gasteiger partial charge in [0.25, 0.3) is 0 Å². The van der Waals surface area contributed by atoms with Crippen LogP contribution in [0.15, 0.2) is 6.20 Å². The van der Waals surface area contributed by atoms with Crippen molar-refractivity contribution < 1.29 is 0 Å². The van der Waals surface area contributed by atoms with E-state index in [9.17, 15) is 0 Å². The van der Waals surface area contributed by atoms with Crippen molar-refractivity contribution in [3.8, 4) is 0 Å². The van der Waals surface area contributed by atoms with Gasteiger partial charge in [-0.3, -0.25) is 0 Å². The van der Waals surface area contributed by atoms with Crippen LogP contribution in [0.3, 0.4) is 0 Å². The first-order valence-corrected chi connectivity index (χ1v) is 4.01. The van der Waals surface area contributed by atoms with Crippen molar-refractivity contribution in [1.29, 1.82) is 0 Å². The summed E-state index contributed by atoms with van der Waals surface area (Å²) in [7, 11) is 1.87. The molecule has 1 rings (SSSR count). The van der Waals surface area contributed by atoms with E-state index in [-0.39, 0.29) is 0 Å². The van der Waals surface area contributed by atoms with E-state index < -0.39 is 0 Å². The van der Waals surface area contributed by atoms with Gasteiger partial charge in [0.2, 0.25) is 0 Å². The highest BCUT2D eigenvalue weighted by Crippen LogP contribution is 2.16. The molecule has 0 spiro atoms. The van der Waals surface area contributed by atoms with Gasteiger partial charge in [-0.05, 0) is 13.0 Å². The molecule has 56 valence electrons. The number of nitrogens with one attached hydrogen (secondary N) is 1. The first-order chi connectivity index (χ1) is 4.86. The zero-order chi connectivity index (χ0) is 7.40. The highest BCUT2D eigenvalue weighted by Gasteiger charge is 1.96. The number of thiazole rings is 1. The second-order valence-corrected chi connectivity index (χ2v) is 3.04. The molecule has 0 saturated heterocycles. The Kier molecular flexibility index (Phi) is 2.65. The number of rotatable bonds is 3. The molecular weight excluding hydrogens is 146 g/mol. The Balaban J connectivity index is 2.59. The molecule has 4 heteroatoms. The zero-order valence-corrected chi connectivity index (χ0v) is 6.74. The molecule has 0 radical (unpaired) electrons. The maximum absolute atomic E-state index is 5.37. The van der Waals surface area contributed by atoms with Crippen molar-refractivity contribution in [3.63, 3.8) is 0 Å². The summed E-state index contributed by atoms with van der Waals surface area (Å²) in [6.45, 7) is 0.700. The van der Waals surface area contributed by atoms with Gasteiger partial charge in [-0.2, -0.15) is 0 Å². The van der Waals surface area contributed by atoms with Crippen LogP contribution in [0, 0.1) is 0 Å². The Labute approximate surface area is 64.3 Å². The fourth-order valence-corrected chi connectivity index (χ4v) is 1.46. The fraction of sp³-hybridized carbons (Fsp3) is 0.500. The molecule has 10 heavy (non-hydrogen) atoms. The molecule has 3 N–H and O–H groups in total. The highest BCUT2D eigenvalue weighted by molar-refractivity contribution is 7.15. The Morgan fingerprint density at radius 1 is 1.80 bits per heavy atom. The van der Waals surface area contributed by atoms with Crippen LogP contribution < -0.4 is 11.1 Å². The van der Waals surface area contributed by atoms with Crippen molar-refractivity contribution in [3.05, 3.63) is 11.1 Å². The van der Waals surface area contributed by atoms with E-state index in [4.69, 9.17) is 5.73 Å². The standard InChI is InChI=1S/C6H11N3S/c1-8-6-9-4-5(10-6)2-3-7/h4H,2-3,7H2,1H3,(H,8,9). The second kappa shape index (κ2) is 3.53. The first kappa shape index (κ1) is 7.50. The summed E-state index contributed by atoms with van der Waals surface area (Å²) in [5.74, 6) is 0. The van der Waals surface area contributed by atoms with Crippen molar-refractivity contribution in [1.82, 2.24) is 4.98 Å². The summed E-state index contributed by atoms with van der Waals surface area (Å²) in [5.41, 5.74) is 5.37. The van der Waals surface area contributed by atoms with Gasteiger partial charge in [-0.1, -0.05) is 0 Å². The van der Waals surface area contributed by atoms with Crippen LogP contribution in [0.2, 0.25) is 0 Å². The van der Waals surface area contributed by atoms with Gasteiger partial charge >= 0.3 is 0 Å². The molecule has 0 aromatic carbocycles. The number of nitrogens with two attached hydrogens (primary N) is 1. The van der Waals surface area contributed by atoms with Gasteiger partial charge in [-0.25, -0.2) is 4.98 Å². The quantitative estimate of drug-likeness (QED) is 0.678. The van der Waals surface area contributed by atoms with Gasteiger partial charge in [0.15, 0.2) is 5.13 Å². The zero-order valence-electron chi connectivity index (χ0n) is 5.92. The average Bonchev–Trinajstić information content (AvgIpc) is 2.37. The van der Waals surface area contributed by atoms with Crippen molar-refractivity contribution in [2.24, 2.45) is 5.73 Å². The van der Waals surface area contributed by atoms with Gasteiger partial charge in [0.05, 0.1) is 0 Å². The molecule has 1 heterocycles. The Bertz CT molecular complexity index is 197. The molecule has 0 atom stereocenters. The summed E-state index contributed by atoms with van der Waals surface area (Å²) in [5, 5.41) is 3.93. The van der Waals surface area contributed by atoms with Crippen LogP contribution in [0.5, 0.6) is 0 Å². The summed E-state index contributed by atoms with van der Waals surface area (Å²) in [6, 6.07) is 0. The van der Waals surface area contributed by atoms with Crippen LogP contribution >= 0.6 is 11.3 Å². The number of aromatic nitrogens is 1. The van der Waals surface area contributed by atoms with E-state index in [0.717, 1.165) is 11.6 Å². The maximum Gasteiger partial charge on any atom is 0.182 e. The minimum absolute atomic E-state index is 0.700. The summed E-state index contributed by atoms with van der Waals surface area (Å²) >= 11 is 1.66. The van der Waals surface area contributed by atoms with Crippen LogP contribution in [0.4, 0.5) is 5.13 Å². The maximum atomic E-state index is 5.37. The lowest BCUT2D eigenvalue weighted by Gasteiger charge is -1.88. The summed E-state index contributed by atoms with van der Waals surface area (Å²) in [6.07, 6.45) is 2.79. The van der Waals surface area contributed by atoms with E-state index >= 15 is 0 Å². The molecule has 3 nitrogen and oxygen atoms in total. The minimum atomic E-state index is 0.700. The molecule has 0 aliphatic heterocycles. The molecule has 0 unspecified atom stereocenters. The van der Waals surface area contributed by atoms with E-state index in [1.807, 2.05) is 13.2 Å². The smallest absolute Gasteiger partial charge is 0.182 e. The van der Waals surface area contributed by atoms with Crippen LogP contribution in [0.1, 0.15) is 4.88 Å². The third-order valence-corrected chi connectivity index (χ3v) is 2.23. The lowest BCUT2D eigenvalue weighted by molar-refractivity contribution is 0.984. The highest BCUT2D eigenvalue weighted by atomic mass is 32.1. The Morgan fingerprint density at radius 3 is 3.10 bits per heavy atom.